The number of carboxylic acids is 1. The lowest BCUT2D eigenvalue weighted by Crippen LogP contribution is -2.37. The van der Waals surface area contributed by atoms with Gasteiger partial charge in [0.05, 0.1) is 11.1 Å². The van der Waals surface area contributed by atoms with Gasteiger partial charge in [-0.2, -0.15) is 0 Å². The number of piperidine rings is 1. The van der Waals surface area contributed by atoms with E-state index in [4.69, 9.17) is 0 Å². The standard InChI is InChI=1S/C24H25NO4/c26-15-5-4-14-12-21-18(16-6-7-17(16)20(14)13-15)8-9-19(24(28)29)22(21)23(27)25-10-2-1-3-11-25/h4-5,8-9,16-17H,1-3,6-7,10-13H2,(H,28,29). The smallest absolute Gasteiger partial charge is 0.336 e. The van der Waals surface area contributed by atoms with Crippen molar-refractivity contribution in [2.45, 2.75) is 50.9 Å². The number of aromatic carboxylic acids is 1. The molecule has 1 aromatic rings. The zero-order valence-corrected chi connectivity index (χ0v) is 16.4. The Labute approximate surface area is 170 Å². The maximum absolute atomic E-state index is 13.5. The van der Waals surface area contributed by atoms with E-state index in [2.05, 4.69) is 0 Å². The Kier molecular flexibility index (Phi) is 4.41. The molecule has 5 heteroatoms. The minimum atomic E-state index is -1.05. The van der Waals surface area contributed by atoms with Crippen LogP contribution in [0.25, 0.3) is 0 Å². The van der Waals surface area contributed by atoms with Crippen LogP contribution in [0.2, 0.25) is 0 Å². The van der Waals surface area contributed by atoms with E-state index in [1.54, 1.807) is 12.1 Å². The van der Waals surface area contributed by atoms with E-state index in [-0.39, 0.29) is 23.2 Å². The quantitative estimate of drug-likeness (QED) is 0.830. The maximum atomic E-state index is 13.5. The third-order valence-electron chi connectivity index (χ3n) is 7.17. The number of fused-ring (bicyclic) bond motifs is 4. The second-order valence-electron chi connectivity index (χ2n) is 8.71. The van der Waals surface area contributed by atoms with E-state index < -0.39 is 5.97 Å². The van der Waals surface area contributed by atoms with Gasteiger partial charge >= 0.3 is 5.97 Å². The largest absolute Gasteiger partial charge is 0.478 e. The van der Waals surface area contributed by atoms with Crippen LogP contribution < -0.4 is 0 Å². The van der Waals surface area contributed by atoms with Crippen LogP contribution in [0.15, 0.2) is 35.4 Å². The molecule has 2 unspecified atom stereocenters. The monoisotopic (exact) mass is 391 g/mol. The molecule has 0 radical (unpaired) electrons. The van der Waals surface area contributed by atoms with Crippen LogP contribution in [0.5, 0.6) is 0 Å². The fourth-order valence-electron chi connectivity index (χ4n) is 5.56. The lowest BCUT2D eigenvalue weighted by molar-refractivity contribution is -0.114. The van der Waals surface area contributed by atoms with Crippen LogP contribution in [-0.4, -0.2) is 40.8 Å². The highest BCUT2D eigenvalue weighted by molar-refractivity contribution is 6.06. The van der Waals surface area contributed by atoms with E-state index in [0.29, 0.717) is 37.4 Å². The predicted molar refractivity (Wildman–Crippen MR) is 108 cm³/mol. The summed E-state index contributed by atoms with van der Waals surface area (Å²) >= 11 is 0. The third-order valence-corrected chi connectivity index (χ3v) is 7.17. The summed E-state index contributed by atoms with van der Waals surface area (Å²) in [5.74, 6) is -0.432. The van der Waals surface area contributed by atoms with Gasteiger partial charge in [0.1, 0.15) is 0 Å². The lowest BCUT2D eigenvalue weighted by atomic mass is 9.65. The van der Waals surface area contributed by atoms with Crippen molar-refractivity contribution in [1.29, 1.82) is 0 Å². The van der Waals surface area contributed by atoms with Crippen LogP contribution in [0, 0.1) is 5.92 Å². The second-order valence-corrected chi connectivity index (χ2v) is 8.71. The number of ketones is 1. The van der Waals surface area contributed by atoms with Gasteiger partial charge in [-0.15, -0.1) is 0 Å². The van der Waals surface area contributed by atoms with Gasteiger partial charge in [0.2, 0.25) is 0 Å². The van der Waals surface area contributed by atoms with Gasteiger partial charge in [0, 0.05) is 19.5 Å². The highest BCUT2D eigenvalue weighted by Gasteiger charge is 2.42. The predicted octanol–water partition coefficient (Wildman–Crippen LogP) is 3.89. The molecule has 1 aliphatic heterocycles. The summed E-state index contributed by atoms with van der Waals surface area (Å²) in [5, 5.41) is 9.84. The Morgan fingerprint density at radius 2 is 1.72 bits per heavy atom. The van der Waals surface area contributed by atoms with Crippen LogP contribution >= 0.6 is 0 Å². The Morgan fingerprint density at radius 3 is 2.41 bits per heavy atom. The zero-order chi connectivity index (χ0) is 20.1. The summed E-state index contributed by atoms with van der Waals surface area (Å²) in [7, 11) is 0. The summed E-state index contributed by atoms with van der Waals surface area (Å²) in [4.78, 5) is 39.4. The van der Waals surface area contributed by atoms with Gasteiger partial charge in [-0.05, 0) is 79.2 Å². The van der Waals surface area contributed by atoms with Gasteiger partial charge in [0.15, 0.2) is 5.78 Å². The average molecular weight is 391 g/mol. The van der Waals surface area contributed by atoms with Crippen LogP contribution in [-0.2, 0) is 11.2 Å². The minimum absolute atomic E-state index is 0.107. The number of rotatable bonds is 2. The Bertz CT molecular complexity index is 981. The summed E-state index contributed by atoms with van der Waals surface area (Å²) in [5.41, 5.74) is 4.78. The number of likely N-dealkylation sites (tertiary alicyclic amines) is 1. The first kappa shape index (κ1) is 18.3. The van der Waals surface area contributed by atoms with Crippen LogP contribution in [0.4, 0.5) is 0 Å². The molecular formula is C24H25NO4. The van der Waals surface area contributed by atoms with Crippen molar-refractivity contribution in [3.63, 3.8) is 0 Å². The molecular weight excluding hydrogens is 366 g/mol. The summed E-state index contributed by atoms with van der Waals surface area (Å²) in [6.07, 6.45) is 9.65. The molecule has 1 saturated carbocycles. The molecule has 5 nitrogen and oxygen atoms in total. The van der Waals surface area contributed by atoms with Crippen LogP contribution in [0.1, 0.15) is 76.3 Å². The number of carbonyl (C=O) groups excluding carboxylic acids is 2. The van der Waals surface area contributed by atoms with E-state index in [1.807, 2.05) is 17.0 Å². The Hall–Kier alpha value is -2.69. The molecule has 5 rings (SSSR count). The fourth-order valence-corrected chi connectivity index (χ4v) is 5.56. The van der Waals surface area contributed by atoms with Crippen molar-refractivity contribution in [2.24, 2.45) is 5.92 Å². The fraction of sp³-hybridized carbons (Fsp3) is 0.458. The van der Waals surface area contributed by atoms with Crippen LogP contribution in [0.3, 0.4) is 0 Å². The number of benzene rings is 1. The molecule has 1 saturated heterocycles. The zero-order valence-electron chi connectivity index (χ0n) is 16.4. The summed E-state index contributed by atoms with van der Waals surface area (Å²) < 4.78 is 0. The first-order valence-electron chi connectivity index (χ1n) is 10.7. The number of amides is 1. The number of nitrogens with zero attached hydrogens (tertiary/aromatic N) is 1. The van der Waals surface area contributed by atoms with Crippen molar-refractivity contribution in [2.75, 3.05) is 13.1 Å². The molecule has 4 aliphatic rings. The molecule has 1 amide bonds. The van der Waals surface area contributed by atoms with Crippen molar-refractivity contribution in [3.05, 3.63) is 57.7 Å². The third kappa shape index (κ3) is 2.95. The first-order chi connectivity index (χ1) is 14.0. The van der Waals surface area contributed by atoms with Crippen molar-refractivity contribution >= 4 is 17.7 Å². The van der Waals surface area contributed by atoms with Gasteiger partial charge in [0.25, 0.3) is 5.91 Å². The first-order valence-corrected chi connectivity index (χ1v) is 10.7. The Morgan fingerprint density at radius 1 is 0.966 bits per heavy atom. The summed E-state index contributed by atoms with van der Waals surface area (Å²) in [6.45, 7) is 1.38. The van der Waals surface area contributed by atoms with Crippen molar-refractivity contribution in [3.8, 4) is 0 Å². The maximum Gasteiger partial charge on any atom is 0.336 e. The highest BCUT2D eigenvalue weighted by atomic mass is 16.4. The number of allylic oxidation sites excluding steroid dienone is 4. The molecule has 150 valence electrons. The molecule has 29 heavy (non-hydrogen) atoms. The van der Waals surface area contributed by atoms with Gasteiger partial charge in [-0.3, -0.25) is 9.59 Å². The van der Waals surface area contributed by atoms with Gasteiger partial charge in [-0.1, -0.05) is 17.7 Å². The number of hydrogen-bond acceptors (Lipinski definition) is 3. The van der Waals surface area contributed by atoms with Crippen molar-refractivity contribution in [1.82, 2.24) is 4.90 Å². The molecule has 3 aliphatic carbocycles. The molecule has 1 aromatic carbocycles. The molecule has 1 heterocycles. The lowest BCUT2D eigenvalue weighted by Gasteiger charge is -2.39. The van der Waals surface area contributed by atoms with E-state index in [0.717, 1.165) is 48.8 Å². The van der Waals surface area contributed by atoms with E-state index in [1.165, 1.54) is 5.57 Å². The minimum Gasteiger partial charge on any atom is -0.478 e. The molecule has 0 spiro atoms. The van der Waals surface area contributed by atoms with Crippen molar-refractivity contribution < 1.29 is 19.5 Å². The molecule has 1 N–H and O–H groups in total. The highest BCUT2D eigenvalue weighted by Crippen LogP contribution is 2.53. The van der Waals surface area contributed by atoms with Gasteiger partial charge in [-0.25, -0.2) is 4.79 Å². The number of carbonyl (C=O) groups is 3. The second kappa shape index (κ2) is 6.97. The molecule has 2 fully saturated rings. The number of hydrogen-bond donors (Lipinski definition) is 1. The summed E-state index contributed by atoms with van der Waals surface area (Å²) in [6, 6.07) is 3.55. The topological polar surface area (TPSA) is 74.7 Å². The van der Waals surface area contributed by atoms with Gasteiger partial charge < -0.3 is 10.0 Å². The molecule has 2 atom stereocenters. The normalized spacial score (nSPS) is 25.5. The van der Waals surface area contributed by atoms with E-state index >= 15 is 0 Å². The number of carboxylic acid groups (broad SMARTS) is 1. The van der Waals surface area contributed by atoms with E-state index in [9.17, 15) is 19.5 Å². The Balaban J connectivity index is 1.66. The average Bonchev–Trinajstić information content (AvgIpc) is 2.78. The molecule has 0 aromatic heterocycles. The molecule has 0 bridgehead atoms. The SMILES string of the molecule is O=C1C=CC2=C(C1)C1CCC1c1ccc(C(=O)O)c(C(=O)N3CCCCC3)c1C2.